The van der Waals surface area contributed by atoms with Crippen LogP contribution in [-0.4, -0.2) is 40.8 Å². The summed E-state index contributed by atoms with van der Waals surface area (Å²) in [7, 11) is 0. The quantitative estimate of drug-likeness (QED) is 0.536. The molecule has 2 atom stereocenters. The molecular weight excluding hydrogens is 234 g/mol. The van der Waals surface area contributed by atoms with E-state index >= 15 is 0 Å². The number of hydrogen-bond acceptors (Lipinski definition) is 3. The lowest BCUT2D eigenvalue weighted by molar-refractivity contribution is -0.183. The molecule has 0 saturated carbocycles. The van der Waals surface area contributed by atoms with Crippen molar-refractivity contribution in [2.45, 2.75) is 64.5 Å². The Kier molecular flexibility index (Phi) is 5.95. The Morgan fingerprint density at radius 1 is 1.28 bits per heavy atom. The van der Waals surface area contributed by atoms with Gasteiger partial charge in [-0.1, -0.05) is 39.0 Å². The van der Waals surface area contributed by atoms with Crippen molar-refractivity contribution in [2.24, 2.45) is 0 Å². The van der Waals surface area contributed by atoms with Gasteiger partial charge in [0.05, 0.1) is 0 Å². The summed E-state index contributed by atoms with van der Waals surface area (Å²) in [4.78, 5) is 23.6. The highest BCUT2D eigenvalue weighted by molar-refractivity contribution is 5.85. The summed E-state index contributed by atoms with van der Waals surface area (Å²) in [5, 5.41) is 9.10. The number of esters is 1. The van der Waals surface area contributed by atoms with Gasteiger partial charge >= 0.3 is 12.1 Å². The molecule has 18 heavy (non-hydrogen) atoms. The van der Waals surface area contributed by atoms with Gasteiger partial charge < -0.3 is 9.84 Å². The first-order valence-corrected chi connectivity index (χ1v) is 6.78. The monoisotopic (exact) mass is 257 g/mol. The van der Waals surface area contributed by atoms with Gasteiger partial charge in [0.25, 0.3) is 0 Å². The molecule has 1 rings (SSSR count). The van der Waals surface area contributed by atoms with Gasteiger partial charge in [-0.2, -0.15) is 0 Å². The van der Waals surface area contributed by atoms with Gasteiger partial charge in [-0.15, -0.1) is 0 Å². The molecule has 0 unspecified atom stereocenters. The van der Waals surface area contributed by atoms with Gasteiger partial charge in [0, 0.05) is 6.54 Å². The molecule has 0 radical (unpaired) electrons. The van der Waals surface area contributed by atoms with Crippen LogP contribution in [0.15, 0.2) is 0 Å². The first kappa shape index (κ1) is 14.8. The lowest BCUT2D eigenvalue weighted by Gasteiger charge is -2.39. The fourth-order valence-corrected chi connectivity index (χ4v) is 2.23. The van der Waals surface area contributed by atoms with E-state index < -0.39 is 18.1 Å². The van der Waals surface area contributed by atoms with E-state index in [2.05, 4.69) is 6.92 Å². The van der Waals surface area contributed by atoms with Gasteiger partial charge in [0.2, 0.25) is 0 Å². The highest BCUT2D eigenvalue weighted by Gasteiger charge is 2.45. The summed E-state index contributed by atoms with van der Waals surface area (Å²) in [6, 6.07) is -0.599. The van der Waals surface area contributed by atoms with E-state index in [0.717, 1.165) is 19.3 Å². The van der Waals surface area contributed by atoms with Gasteiger partial charge in [0.1, 0.15) is 6.10 Å². The van der Waals surface area contributed by atoms with Crippen LogP contribution in [0, 0.1) is 0 Å². The fourth-order valence-electron chi connectivity index (χ4n) is 2.23. The average molecular weight is 257 g/mol. The molecule has 104 valence electrons. The largest absolute Gasteiger partial charge is 0.465 e. The molecule has 1 aliphatic rings. The van der Waals surface area contributed by atoms with E-state index in [0.29, 0.717) is 6.54 Å². The van der Waals surface area contributed by atoms with Gasteiger partial charge in [-0.05, 0) is 13.3 Å². The Hall–Kier alpha value is -1.26. The third-order valence-corrected chi connectivity index (χ3v) is 3.32. The Balaban J connectivity index is 2.27. The first-order valence-electron chi connectivity index (χ1n) is 6.78. The minimum atomic E-state index is -1.03. The molecule has 0 spiro atoms. The summed E-state index contributed by atoms with van der Waals surface area (Å²) in [5.41, 5.74) is 0. The van der Waals surface area contributed by atoms with Crippen LogP contribution in [-0.2, 0) is 9.53 Å². The van der Waals surface area contributed by atoms with Crippen molar-refractivity contribution in [3.8, 4) is 0 Å². The van der Waals surface area contributed by atoms with Crippen LogP contribution in [0.3, 0.4) is 0 Å². The smallest absolute Gasteiger partial charge is 0.408 e. The highest BCUT2D eigenvalue weighted by atomic mass is 16.6. The molecule has 1 saturated heterocycles. The zero-order chi connectivity index (χ0) is 13.5. The SMILES string of the molecule is CCCCCCCCN(C(=O)O)[C@H]1C(=O)O[C@@H]1C. The third-order valence-electron chi connectivity index (χ3n) is 3.32. The Morgan fingerprint density at radius 2 is 1.89 bits per heavy atom. The maximum absolute atomic E-state index is 11.2. The summed E-state index contributed by atoms with van der Waals surface area (Å²) in [5.74, 6) is -0.420. The van der Waals surface area contributed by atoms with E-state index in [1.807, 2.05) is 0 Å². The molecule has 5 nitrogen and oxygen atoms in total. The normalized spacial score (nSPS) is 22.2. The number of carbonyl (C=O) groups is 2. The van der Waals surface area contributed by atoms with E-state index in [4.69, 9.17) is 9.84 Å². The summed E-state index contributed by atoms with van der Waals surface area (Å²) in [6.07, 6.45) is 5.25. The van der Waals surface area contributed by atoms with Crippen molar-refractivity contribution in [3.63, 3.8) is 0 Å². The second-order valence-corrected chi connectivity index (χ2v) is 4.83. The molecule has 1 fully saturated rings. The second-order valence-electron chi connectivity index (χ2n) is 4.83. The number of hydrogen-bond donors (Lipinski definition) is 1. The van der Waals surface area contributed by atoms with E-state index in [9.17, 15) is 9.59 Å². The molecule has 0 bridgehead atoms. The molecular formula is C13H23NO4. The summed E-state index contributed by atoms with van der Waals surface area (Å²) >= 11 is 0. The molecule has 1 aliphatic heterocycles. The van der Waals surface area contributed by atoms with Crippen molar-refractivity contribution in [2.75, 3.05) is 6.54 Å². The number of cyclic esters (lactones) is 1. The Labute approximate surface area is 108 Å². The first-order chi connectivity index (χ1) is 8.57. The topological polar surface area (TPSA) is 66.8 Å². The van der Waals surface area contributed by atoms with Crippen molar-refractivity contribution in [1.29, 1.82) is 0 Å². The molecule has 0 aliphatic carbocycles. The van der Waals surface area contributed by atoms with Gasteiger partial charge in [-0.3, -0.25) is 4.90 Å². The number of rotatable bonds is 8. The van der Waals surface area contributed by atoms with Crippen LogP contribution in [0.2, 0.25) is 0 Å². The number of amides is 1. The van der Waals surface area contributed by atoms with Crippen LogP contribution in [0.1, 0.15) is 52.4 Å². The molecule has 1 amide bonds. The summed E-state index contributed by atoms with van der Waals surface area (Å²) < 4.78 is 4.80. The van der Waals surface area contributed by atoms with Crippen molar-refractivity contribution in [3.05, 3.63) is 0 Å². The Morgan fingerprint density at radius 3 is 2.39 bits per heavy atom. The zero-order valence-corrected chi connectivity index (χ0v) is 11.2. The summed E-state index contributed by atoms with van der Waals surface area (Å²) in [6.45, 7) is 4.31. The molecule has 5 heteroatoms. The minimum Gasteiger partial charge on any atom is -0.465 e. The van der Waals surface area contributed by atoms with E-state index in [-0.39, 0.29) is 6.10 Å². The molecule has 0 aromatic heterocycles. The van der Waals surface area contributed by atoms with Crippen molar-refractivity contribution in [1.82, 2.24) is 4.90 Å². The van der Waals surface area contributed by atoms with E-state index in [1.165, 1.54) is 24.2 Å². The zero-order valence-electron chi connectivity index (χ0n) is 11.2. The van der Waals surface area contributed by atoms with Crippen molar-refractivity contribution < 1.29 is 19.4 Å². The Bertz CT molecular complexity index is 293. The molecule has 1 N–H and O–H groups in total. The van der Waals surface area contributed by atoms with E-state index in [1.54, 1.807) is 6.92 Å². The maximum Gasteiger partial charge on any atom is 0.408 e. The molecule has 0 aromatic rings. The maximum atomic E-state index is 11.2. The van der Waals surface area contributed by atoms with Crippen LogP contribution < -0.4 is 0 Å². The third kappa shape index (κ3) is 3.89. The van der Waals surface area contributed by atoms with Crippen LogP contribution in [0.25, 0.3) is 0 Å². The van der Waals surface area contributed by atoms with Gasteiger partial charge in [-0.25, -0.2) is 9.59 Å². The predicted octanol–water partition coefficient (Wildman–Crippen LogP) is 2.64. The number of ether oxygens (including phenoxy) is 1. The predicted molar refractivity (Wildman–Crippen MR) is 67.4 cm³/mol. The second kappa shape index (κ2) is 7.24. The van der Waals surface area contributed by atoms with Crippen molar-refractivity contribution >= 4 is 12.1 Å². The van der Waals surface area contributed by atoms with Crippen LogP contribution in [0.4, 0.5) is 4.79 Å². The van der Waals surface area contributed by atoms with Gasteiger partial charge in [0.15, 0.2) is 6.04 Å². The number of carboxylic acid groups (broad SMARTS) is 1. The van der Waals surface area contributed by atoms with Crippen LogP contribution >= 0.6 is 0 Å². The molecule has 0 aromatic carbocycles. The lowest BCUT2D eigenvalue weighted by atomic mass is 10.1. The number of nitrogens with zero attached hydrogens (tertiary/aromatic N) is 1. The molecule has 1 heterocycles. The average Bonchev–Trinajstić information content (AvgIpc) is 2.31. The number of unbranched alkanes of at least 4 members (excludes halogenated alkanes) is 5. The highest BCUT2D eigenvalue weighted by Crippen LogP contribution is 2.21. The number of carbonyl (C=O) groups excluding carboxylic acids is 1. The standard InChI is InChI=1S/C13H23NO4/c1-3-4-5-6-7-8-9-14(13(16)17)11-10(2)18-12(11)15/h10-11H,3-9H2,1-2H3,(H,16,17)/t10-,11-/m1/s1. The fraction of sp³-hybridized carbons (Fsp3) is 0.846. The van der Waals surface area contributed by atoms with Crippen LogP contribution in [0.5, 0.6) is 0 Å². The minimum absolute atomic E-state index is 0.311. The lowest BCUT2D eigenvalue weighted by Crippen LogP contribution is -2.60.